The maximum Gasteiger partial charge on any atom is 0.417 e. The molecule has 10 heteroatoms. The van der Waals surface area contributed by atoms with Crippen molar-refractivity contribution in [2.24, 2.45) is 0 Å². The molecule has 0 atom stereocenters. The average Bonchev–Trinajstić information content (AvgIpc) is 2.49. The van der Waals surface area contributed by atoms with E-state index in [-0.39, 0.29) is 17.4 Å². The van der Waals surface area contributed by atoms with Crippen molar-refractivity contribution in [3.63, 3.8) is 0 Å². The molecule has 122 valence electrons. The molecule has 6 nitrogen and oxygen atoms in total. The van der Waals surface area contributed by atoms with Crippen LogP contribution in [0.3, 0.4) is 0 Å². The Hall–Kier alpha value is -2.55. The molecule has 0 aliphatic rings. The number of rotatable bonds is 3. The summed E-state index contributed by atoms with van der Waals surface area (Å²) in [5.41, 5.74) is -0.855. The van der Waals surface area contributed by atoms with Crippen molar-refractivity contribution in [1.29, 1.82) is 0 Å². The highest BCUT2D eigenvalue weighted by Gasteiger charge is 2.33. The van der Waals surface area contributed by atoms with E-state index in [4.69, 9.17) is 16.3 Å². The first-order valence-corrected chi connectivity index (χ1v) is 6.48. The summed E-state index contributed by atoms with van der Waals surface area (Å²) in [5, 5.41) is 4.18. The topological polar surface area (TPSA) is 76.1 Å². The summed E-state index contributed by atoms with van der Waals surface area (Å²) >= 11 is 5.50. The lowest BCUT2D eigenvalue weighted by Crippen LogP contribution is -2.20. The predicted molar refractivity (Wildman–Crippen MR) is 77.7 cm³/mol. The van der Waals surface area contributed by atoms with Gasteiger partial charge in [0, 0.05) is 5.69 Å². The Morgan fingerprint density at radius 1 is 1.17 bits per heavy atom. The van der Waals surface area contributed by atoms with Gasteiger partial charge in [0.25, 0.3) is 0 Å². The van der Waals surface area contributed by atoms with E-state index < -0.39 is 22.8 Å². The van der Waals surface area contributed by atoms with Crippen molar-refractivity contribution < 1.29 is 22.7 Å². The van der Waals surface area contributed by atoms with E-state index >= 15 is 0 Å². The number of carbonyl (C=O) groups excluding carboxylic acids is 1. The number of nitrogens with one attached hydrogen (secondary N) is 2. The molecule has 2 amide bonds. The van der Waals surface area contributed by atoms with Gasteiger partial charge in [0.15, 0.2) is 0 Å². The van der Waals surface area contributed by atoms with E-state index in [0.717, 1.165) is 12.1 Å². The summed E-state index contributed by atoms with van der Waals surface area (Å²) in [7, 11) is 1.38. The van der Waals surface area contributed by atoms with E-state index in [1.54, 1.807) is 0 Å². The van der Waals surface area contributed by atoms with Gasteiger partial charge in [-0.1, -0.05) is 11.6 Å². The third kappa shape index (κ3) is 4.46. The fraction of sp³-hybridized carbons (Fsp3) is 0.154. The van der Waals surface area contributed by atoms with Gasteiger partial charge in [-0.2, -0.15) is 13.2 Å². The van der Waals surface area contributed by atoms with Crippen molar-refractivity contribution >= 4 is 29.0 Å². The highest BCUT2D eigenvalue weighted by atomic mass is 35.5. The van der Waals surface area contributed by atoms with Crippen LogP contribution in [0.4, 0.5) is 29.3 Å². The van der Waals surface area contributed by atoms with Gasteiger partial charge in [0.1, 0.15) is 0 Å². The molecule has 1 aromatic heterocycles. The van der Waals surface area contributed by atoms with Crippen LogP contribution in [0.15, 0.2) is 30.6 Å². The Labute approximate surface area is 133 Å². The Bertz CT molecular complexity index is 707. The summed E-state index contributed by atoms with van der Waals surface area (Å²) in [6.07, 6.45) is -2.04. The predicted octanol–water partition coefficient (Wildman–Crippen LogP) is 3.80. The average molecular weight is 347 g/mol. The zero-order valence-electron chi connectivity index (χ0n) is 11.6. The van der Waals surface area contributed by atoms with E-state index in [1.807, 2.05) is 0 Å². The maximum absolute atomic E-state index is 12.7. The molecule has 1 aromatic carbocycles. The Morgan fingerprint density at radius 2 is 1.78 bits per heavy atom. The minimum Gasteiger partial charge on any atom is -0.467 e. The van der Waals surface area contributed by atoms with Gasteiger partial charge < -0.3 is 15.4 Å². The number of hydrogen-bond acceptors (Lipinski definition) is 4. The number of benzene rings is 1. The molecule has 0 fully saturated rings. The van der Waals surface area contributed by atoms with Crippen LogP contribution in [0.2, 0.25) is 5.02 Å². The number of urea groups is 1. The largest absolute Gasteiger partial charge is 0.467 e. The molecular formula is C13H10ClF3N4O2. The number of amides is 2. The summed E-state index contributed by atoms with van der Waals surface area (Å²) in [4.78, 5) is 19.3. The minimum atomic E-state index is -4.62. The highest BCUT2D eigenvalue weighted by molar-refractivity contribution is 6.31. The minimum absolute atomic E-state index is 0.0614. The third-order valence-electron chi connectivity index (χ3n) is 2.60. The number of carbonyl (C=O) groups is 1. The van der Waals surface area contributed by atoms with Crippen molar-refractivity contribution in [3.05, 3.63) is 41.2 Å². The van der Waals surface area contributed by atoms with Crippen molar-refractivity contribution in [1.82, 2.24) is 9.97 Å². The summed E-state index contributed by atoms with van der Waals surface area (Å²) in [6.45, 7) is 0. The van der Waals surface area contributed by atoms with Gasteiger partial charge in [0.2, 0.25) is 0 Å². The van der Waals surface area contributed by atoms with E-state index in [0.29, 0.717) is 0 Å². The lowest BCUT2D eigenvalue weighted by atomic mass is 10.2. The van der Waals surface area contributed by atoms with Crippen molar-refractivity contribution in [3.8, 4) is 6.01 Å². The fourth-order valence-electron chi connectivity index (χ4n) is 1.60. The Balaban J connectivity index is 2.08. The van der Waals surface area contributed by atoms with Gasteiger partial charge in [-0.3, -0.25) is 0 Å². The normalized spacial score (nSPS) is 11.0. The van der Waals surface area contributed by atoms with Crippen molar-refractivity contribution in [2.75, 3.05) is 17.7 Å². The van der Waals surface area contributed by atoms with E-state index in [2.05, 4.69) is 20.6 Å². The zero-order valence-corrected chi connectivity index (χ0v) is 12.4. The summed E-state index contributed by atoms with van der Waals surface area (Å²) in [5.74, 6) is 0. The molecule has 0 spiro atoms. The van der Waals surface area contributed by atoms with Gasteiger partial charge in [-0.25, -0.2) is 14.8 Å². The second-order valence-corrected chi connectivity index (χ2v) is 4.64. The van der Waals surface area contributed by atoms with E-state index in [1.165, 1.54) is 25.6 Å². The van der Waals surface area contributed by atoms with Crippen LogP contribution in [-0.4, -0.2) is 23.1 Å². The van der Waals surface area contributed by atoms with Crippen LogP contribution >= 0.6 is 11.6 Å². The van der Waals surface area contributed by atoms with Crippen LogP contribution in [0.25, 0.3) is 0 Å². The molecule has 2 aromatic rings. The number of methoxy groups -OCH3 is 1. The molecule has 0 aliphatic carbocycles. The number of halogens is 4. The molecule has 0 bridgehead atoms. The standard InChI is InChI=1S/C13H10ClF3N4O2/c1-23-12-18-5-8(6-19-12)21-11(22)20-7-2-3-10(14)9(4-7)13(15,16)17/h2-6H,1H3,(H2,20,21,22). The van der Waals surface area contributed by atoms with Gasteiger partial charge >= 0.3 is 18.2 Å². The molecule has 0 aliphatic heterocycles. The van der Waals surface area contributed by atoms with Gasteiger partial charge in [-0.15, -0.1) is 0 Å². The number of hydrogen-bond donors (Lipinski definition) is 2. The first-order valence-electron chi connectivity index (χ1n) is 6.10. The number of anilines is 2. The lowest BCUT2D eigenvalue weighted by molar-refractivity contribution is -0.137. The zero-order chi connectivity index (χ0) is 17.0. The molecular weight excluding hydrogens is 337 g/mol. The first-order chi connectivity index (χ1) is 10.8. The molecule has 0 saturated carbocycles. The van der Waals surface area contributed by atoms with Crippen LogP contribution in [0, 0.1) is 0 Å². The molecule has 23 heavy (non-hydrogen) atoms. The molecule has 1 heterocycles. The summed E-state index contributed by atoms with van der Waals surface area (Å²) < 4.78 is 43.0. The van der Waals surface area contributed by atoms with E-state index in [9.17, 15) is 18.0 Å². The number of aromatic nitrogens is 2. The SMILES string of the molecule is COc1ncc(NC(=O)Nc2ccc(Cl)c(C(F)(F)F)c2)cn1. The lowest BCUT2D eigenvalue weighted by Gasteiger charge is -2.12. The number of alkyl halides is 3. The van der Waals surface area contributed by atoms with Crippen LogP contribution in [0.1, 0.15) is 5.56 Å². The second-order valence-electron chi connectivity index (χ2n) is 4.23. The van der Waals surface area contributed by atoms with Crippen molar-refractivity contribution in [2.45, 2.75) is 6.18 Å². The summed E-state index contributed by atoms with van der Waals surface area (Å²) in [6, 6.07) is 2.41. The number of ether oxygens (including phenoxy) is 1. The molecule has 2 rings (SSSR count). The molecule has 0 radical (unpaired) electrons. The van der Waals surface area contributed by atoms with Crippen LogP contribution < -0.4 is 15.4 Å². The molecule has 2 N–H and O–H groups in total. The van der Waals surface area contributed by atoms with Crippen LogP contribution in [-0.2, 0) is 6.18 Å². The highest BCUT2D eigenvalue weighted by Crippen LogP contribution is 2.36. The molecule has 0 saturated heterocycles. The van der Waals surface area contributed by atoms with Gasteiger partial charge in [-0.05, 0) is 18.2 Å². The second kappa shape index (κ2) is 6.69. The smallest absolute Gasteiger partial charge is 0.417 e. The fourth-order valence-corrected chi connectivity index (χ4v) is 1.82. The Morgan fingerprint density at radius 3 is 2.35 bits per heavy atom. The number of nitrogens with zero attached hydrogens (tertiary/aromatic N) is 2. The maximum atomic E-state index is 12.7. The van der Waals surface area contributed by atoms with Gasteiger partial charge in [0.05, 0.1) is 35.8 Å². The third-order valence-corrected chi connectivity index (χ3v) is 2.93. The quantitative estimate of drug-likeness (QED) is 0.886. The Kier molecular flexibility index (Phi) is 4.89. The molecule has 0 unspecified atom stereocenters. The van der Waals surface area contributed by atoms with Crippen LogP contribution in [0.5, 0.6) is 6.01 Å². The monoisotopic (exact) mass is 346 g/mol. The first kappa shape index (κ1) is 16.8.